The number of fused-ring (bicyclic) bond motifs is 1. The minimum Gasteiger partial charge on any atom is -0.494 e. The zero-order valence-corrected chi connectivity index (χ0v) is 13.6. The molecule has 23 heavy (non-hydrogen) atoms. The molecule has 0 aliphatic heterocycles. The molecule has 0 atom stereocenters. The lowest BCUT2D eigenvalue weighted by Gasteiger charge is -2.12. The van der Waals surface area contributed by atoms with E-state index in [2.05, 4.69) is 0 Å². The summed E-state index contributed by atoms with van der Waals surface area (Å²) in [5.74, 6) is 0.286. The first-order valence-electron chi connectivity index (χ1n) is 7.21. The second kappa shape index (κ2) is 5.62. The molecule has 0 unspecified atom stereocenters. The van der Waals surface area contributed by atoms with Gasteiger partial charge in [-0.05, 0) is 44.2 Å². The highest BCUT2D eigenvalue weighted by molar-refractivity contribution is 7.90. The van der Waals surface area contributed by atoms with Crippen LogP contribution in [0, 0.1) is 0 Å². The van der Waals surface area contributed by atoms with E-state index in [1.54, 1.807) is 36.4 Å². The molecule has 0 amide bonds. The van der Waals surface area contributed by atoms with Gasteiger partial charge in [0.15, 0.2) is 0 Å². The summed E-state index contributed by atoms with van der Waals surface area (Å²) >= 11 is 0. The lowest BCUT2D eigenvalue weighted by molar-refractivity contribution is 0.242. The molecule has 5 nitrogen and oxygen atoms in total. The third-order valence-electron chi connectivity index (χ3n) is 3.38. The Morgan fingerprint density at radius 2 is 1.70 bits per heavy atom. The van der Waals surface area contributed by atoms with Gasteiger partial charge < -0.3 is 9.84 Å². The Morgan fingerprint density at radius 3 is 2.35 bits per heavy atom. The lowest BCUT2D eigenvalue weighted by atomic mass is 10.3. The first kappa shape index (κ1) is 15.4. The molecule has 0 spiro atoms. The first-order chi connectivity index (χ1) is 10.9. The summed E-state index contributed by atoms with van der Waals surface area (Å²) in [5.41, 5.74) is 0.438. The second-order valence-electron chi connectivity index (χ2n) is 5.47. The number of aromatic hydroxyl groups is 1. The van der Waals surface area contributed by atoms with Gasteiger partial charge in [-0.15, -0.1) is 0 Å². The number of nitrogens with zero attached hydrogens (tertiary/aromatic N) is 1. The average molecular weight is 331 g/mol. The summed E-state index contributed by atoms with van der Waals surface area (Å²) in [7, 11) is -3.89. The highest BCUT2D eigenvalue weighted by Gasteiger charge is 2.22. The van der Waals surface area contributed by atoms with Crippen LogP contribution in [0.4, 0.5) is 0 Å². The SMILES string of the molecule is CC(C)Oc1ccc(S(=O)(=O)n2c(O)cc3ccccc32)cc1. The smallest absolute Gasteiger partial charge is 0.271 e. The van der Waals surface area contributed by atoms with Gasteiger partial charge in [-0.1, -0.05) is 18.2 Å². The maximum Gasteiger partial charge on any atom is 0.271 e. The van der Waals surface area contributed by atoms with Gasteiger partial charge in [0.1, 0.15) is 5.75 Å². The topological polar surface area (TPSA) is 68.5 Å². The first-order valence-corrected chi connectivity index (χ1v) is 8.65. The molecule has 0 radical (unpaired) electrons. The van der Waals surface area contributed by atoms with E-state index in [4.69, 9.17) is 4.74 Å². The van der Waals surface area contributed by atoms with Crippen molar-refractivity contribution in [2.45, 2.75) is 24.8 Å². The Hall–Kier alpha value is -2.47. The fraction of sp³-hybridized carbons (Fsp3) is 0.176. The van der Waals surface area contributed by atoms with E-state index in [1.165, 1.54) is 18.2 Å². The predicted molar refractivity (Wildman–Crippen MR) is 88.4 cm³/mol. The average Bonchev–Trinajstić information content (AvgIpc) is 2.83. The van der Waals surface area contributed by atoms with E-state index in [-0.39, 0.29) is 16.9 Å². The molecular formula is C17H17NO4S. The van der Waals surface area contributed by atoms with Crippen LogP contribution < -0.4 is 4.74 Å². The normalized spacial score (nSPS) is 12.0. The molecule has 0 saturated heterocycles. The van der Waals surface area contributed by atoms with E-state index in [9.17, 15) is 13.5 Å². The van der Waals surface area contributed by atoms with E-state index in [0.717, 1.165) is 3.97 Å². The summed E-state index contributed by atoms with van der Waals surface area (Å²) in [5, 5.41) is 10.7. The van der Waals surface area contributed by atoms with Crippen molar-refractivity contribution in [3.63, 3.8) is 0 Å². The van der Waals surface area contributed by atoms with Crippen molar-refractivity contribution in [3.8, 4) is 11.6 Å². The molecule has 1 heterocycles. The summed E-state index contributed by atoms with van der Waals surface area (Å²) < 4.78 is 32.1. The van der Waals surface area contributed by atoms with Crippen LogP contribution in [0.2, 0.25) is 0 Å². The number of hydrogen-bond acceptors (Lipinski definition) is 4. The molecule has 0 fully saturated rings. The summed E-state index contributed by atoms with van der Waals surface area (Å²) in [6.45, 7) is 3.79. The molecule has 1 N–H and O–H groups in total. The fourth-order valence-electron chi connectivity index (χ4n) is 2.44. The number of aromatic nitrogens is 1. The van der Waals surface area contributed by atoms with Crippen LogP contribution in [0.3, 0.4) is 0 Å². The van der Waals surface area contributed by atoms with Crippen molar-refractivity contribution in [2.75, 3.05) is 0 Å². The summed E-state index contributed by atoms with van der Waals surface area (Å²) in [6, 6.07) is 14.5. The minimum absolute atomic E-state index is 0.00916. The van der Waals surface area contributed by atoms with Gasteiger partial charge in [-0.2, -0.15) is 0 Å². The van der Waals surface area contributed by atoms with Crippen molar-refractivity contribution in [3.05, 3.63) is 54.6 Å². The molecule has 0 aliphatic rings. The molecule has 6 heteroatoms. The van der Waals surface area contributed by atoms with Crippen molar-refractivity contribution in [1.29, 1.82) is 0 Å². The van der Waals surface area contributed by atoms with Crippen molar-refractivity contribution in [1.82, 2.24) is 3.97 Å². The van der Waals surface area contributed by atoms with Crippen LogP contribution in [-0.4, -0.2) is 23.6 Å². The Bertz CT molecular complexity index is 940. The van der Waals surface area contributed by atoms with Crippen molar-refractivity contribution in [2.24, 2.45) is 0 Å². The fourth-order valence-corrected chi connectivity index (χ4v) is 3.85. The number of ether oxygens (including phenoxy) is 1. The van der Waals surface area contributed by atoms with Crippen LogP contribution in [-0.2, 0) is 10.0 Å². The Labute approximate surface area is 134 Å². The van der Waals surface area contributed by atoms with Gasteiger partial charge in [0.25, 0.3) is 10.0 Å². The molecule has 3 rings (SSSR count). The molecule has 2 aromatic carbocycles. The van der Waals surface area contributed by atoms with Crippen LogP contribution in [0.25, 0.3) is 10.9 Å². The Kier molecular flexibility index (Phi) is 3.77. The molecule has 0 aliphatic carbocycles. The maximum atomic E-state index is 12.8. The van der Waals surface area contributed by atoms with Crippen molar-refractivity contribution < 1.29 is 18.3 Å². The molecule has 1 aromatic heterocycles. The zero-order valence-electron chi connectivity index (χ0n) is 12.8. The van der Waals surface area contributed by atoms with Crippen molar-refractivity contribution >= 4 is 20.9 Å². The number of benzene rings is 2. The van der Waals surface area contributed by atoms with Crippen LogP contribution in [0.15, 0.2) is 59.5 Å². The Balaban J connectivity index is 2.09. The van der Waals surface area contributed by atoms with E-state index < -0.39 is 10.0 Å². The maximum absolute atomic E-state index is 12.8. The number of para-hydroxylation sites is 1. The van der Waals surface area contributed by atoms with Gasteiger partial charge in [-0.3, -0.25) is 0 Å². The molecule has 3 aromatic rings. The van der Waals surface area contributed by atoms with E-state index in [1.807, 2.05) is 13.8 Å². The molecule has 0 saturated carbocycles. The quantitative estimate of drug-likeness (QED) is 0.796. The van der Waals surface area contributed by atoms with E-state index in [0.29, 0.717) is 16.7 Å². The summed E-state index contributed by atoms with van der Waals surface area (Å²) in [6.07, 6.45) is 0.00916. The standard InChI is InChI=1S/C17H17NO4S/c1-12(2)22-14-7-9-15(10-8-14)23(20,21)18-16-6-4-3-5-13(16)11-17(18)19/h3-12,19H,1-2H3. The van der Waals surface area contributed by atoms with Gasteiger partial charge in [-0.25, -0.2) is 12.4 Å². The Morgan fingerprint density at radius 1 is 1.04 bits per heavy atom. The zero-order chi connectivity index (χ0) is 16.6. The third kappa shape index (κ3) is 2.77. The van der Waals surface area contributed by atoms with Gasteiger partial charge >= 0.3 is 0 Å². The van der Waals surface area contributed by atoms with Gasteiger partial charge in [0.2, 0.25) is 5.88 Å². The highest BCUT2D eigenvalue weighted by Crippen LogP contribution is 2.30. The van der Waals surface area contributed by atoms with Gasteiger partial charge in [0, 0.05) is 11.5 Å². The van der Waals surface area contributed by atoms with E-state index >= 15 is 0 Å². The predicted octanol–water partition coefficient (Wildman–Crippen LogP) is 3.37. The largest absolute Gasteiger partial charge is 0.494 e. The molecule has 0 bridgehead atoms. The molecular weight excluding hydrogens is 314 g/mol. The highest BCUT2D eigenvalue weighted by atomic mass is 32.2. The number of hydrogen-bond donors (Lipinski definition) is 1. The van der Waals surface area contributed by atoms with Crippen LogP contribution in [0.5, 0.6) is 11.6 Å². The number of rotatable bonds is 4. The third-order valence-corrected chi connectivity index (χ3v) is 5.11. The summed E-state index contributed by atoms with van der Waals surface area (Å²) in [4.78, 5) is 0.0882. The van der Waals surface area contributed by atoms with Crippen LogP contribution >= 0.6 is 0 Å². The minimum atomic E-state index is -3.89. The monoisotopic (exact) mass is 331 g/mol. The molecule has 120 valence electrons. The second-order valence-corrected chi connectivity index (χ2v) is 7.26. The lowest BCUT2D eigenvalue weighted by Crippen LogP contribution is -2.12. The van der Waals surface area contributed by atoms with Gasteiger partial charge in [0.05, 0.1) is 16.5 Å². The van der Waals surface area contributed by atoms with Crippen LogP contribution in [0.1, 0.15) is 13.8 Å².